The maximum atomic E-state index is 12.3. The Labute approximate surface area is 181 Å². The van der Waals surface area contributed by atoms with E-state index in [1.54, 1.807) is 0 Å². The zero-order valence-electron chi connectivity index (χ0n) is 15.7. The van der Waals surface area contributed by atoms with Crippen LogP contribution in [0.4, 0.5) is 0 Å². The van der Waals surface area contributed by atoms with Crippen LogP contribution in [-0.4, -0.2) is 47.5 Å². The molecule has 3 rings (SSSR count). The highest BCUT2D eigenvalue weighted by atomic mass is 127. The standard InChI is InChI=1S/C21H27N3OS.HI/c1-22-21(23-13-15-26(25)17-18-8-4-2-5-9-18)24-14-12-20(16-24)19-10-6-3-7-11-19;/h2-11,20H,12-17H2,1H3,(H,22,23);1H. The average molecular weight is 497 g/mol. The number of benzene rings is 2. The average Bonchev–Trinajstić information content (AvgIpc) is 3.17. The van der Waals surface area contributed by atoms with E-state index in [1.165, 1.54) is 5.56 Å². The molecule has 4 nitrogen and oxygen atoms in total. The summed E-state index contributed by atoms with van der Waals surface area (Å²) in [5.41, 5.74) is 2.52. The van der Waals surface area contributed by atoms with E-state index >= 15 is 0 Å². The molecule has 0 aliphatic carbocycles. The molecule has 0 saturated carbocycles. The van der Waals surface area contributed by atoms with Crippen LogP contribution in [0.2, 0.25) is 0 Å². The minimum atomic E-state index is -0.864. The topological polar surface area (TPSA) is 44.7 Å². The maximum Gasteiger partial charge on any atom is 0.193 e. The third-order valence-electron chi connectivity index (χ3n) is 4.75. The van der Waals surface area contributed by atoms with E-state index in [4.69, 9.17) is 0 Å². The van der Waals surface area contributed by atoms with Gasteiger partial charge in [-0.05, 0) is 17.5 Å². The second-order valence-corrected chi connectivity index (χ2v) is 8.17. The lowest BCUT2D eigenvalue weighted by Gasteiger charge is -2.21. The number of aliphatic imine (C=N–C) groups is 1. The lowest BCUT2D eigenvalue weighted by molar-refractivity contribution is 0.488. The highest BCUT2D eigenvalue weighted by Gasteiger charge is 2.25. The molecule has 0 aromatic heterocycles. The number of halogens is 1. The minimum absolute atomic E-state index is 0. The van der Waals surface area contributed by atoms with Gasteiger partial charge in [0.25, 0.3) is 0 Å². The molecule has 0 spiro atoms. The van der Waals surface area contributed by atoms with Crippen molar-refractivity contribution < 1.29 is 4.21 Å². The van der Waals surface area contributed by atoms with Gasteiger partial charge < -0.3 is 10.2 Å². The van der Waals surface area contributed by atoms with Crippen molar-refractivity contribution in [2.75, 3.05) is 32.4 Å². The zero-order chi connectivity index (χ0) is 18.2. The van der Waals surface area contributed by atoms with Gasteiger partial charge in [0.05, 0.1) is 0 Å². The van der Waals surface area contributed by atoms with Gasteiger partial charge in [-0.25, -0.2) is 0 Å². The number of likely N-dealkylation sites (tertiary alicyclic amines) is 1. The highest BCUT2D eigenvalue weighted by molar-refractivity contribution is 14.0. The van der Waals surface area contributed by atoms with Crippen LogP contribution < -0.4 is 5.32 Å². The Morgan fingerprint density at radius 2 is 1.81 bits per heavy atom. The monoisotopic (exact) mass is 497 g/mol. The molecule has 2 aromatic rings. The lowest BCUT2D eigenvalue weighted by Crippen LogP contribution is -2.41. The van der Waals surface area contributed by atoms with Crippen molar-refractivity contribution in [1.29, 1.82) is 0 Å². The van der Waals surface area contributed by atoms with Crippen molar-refractivity contribution in [1.82, 2.24) is 10.2 Å². The quantitative estimate of drug-likeness (QED) is 0.377. The van der Waals surface area contributed by atoms with Gasteiger partial charge in [0, 0.05) is 54.9 Å². The molecule has 1 aliphatic rings. The van der Waals surface area contributed by atoms with Gasteiger partial charge in [0.2, 0.25) is 0 Å². The minimum Gasteiger partial charge on any atom is -0.355 e. The molecule has 2 unspecified atom stereocenters. The molecule has 0 bridgehead atoms. The third-order valence-corrected chi connectivity index (χ3v) is 6.07. The van der Waals surface area contributed by atoms with Crippen LogP contribution >= 0.6 is 24.0 Å². The van der Waals surface area contributed by atoms with Crippen molar-refractivity contribution >= 4 is 40.7 Å². The summed E-state index contributed by atoms with van der Waals surface area (Å²) in [4.78, 5) is 6.71. The van der Waals surface area contributed by atoms with E-state index in [9.17, 15) is 4.21 Å². The number of nitrogens with zero attached hydrogens (tertiary/aromatic N) is 2. The highest BCUT2D eigenvalue weighted by Crippen LogP contribution is 2.26. The van der Waals surface area contributed by atoms with Crippen LogP contribution in [0.25, 0.3) is 0 Å². The third kappa shape index (κ3) is 6.60. The van der Waals surface area contributed by atoms with Crippen molar-refractivity contribution in [3.63, 3.8) is 0 Å². The molecular formula is C21H28IN3OS. The van der Waals surface area contributed by atoms with E-state index in [0.29, 0.717) is 24.0 Å². The zero-order valence-corrected chi connectivity index (χ0v) is 18.9. The summed E-state index contributed by atoms with van der Waals surface area (Å²) < 4.78 is 12.3. The molecule has 1 saturated heterocycles. The summed E-state index contributed by atoms with van der Waals surface area (Å²) in [6.45, 7) is 2.67. The number of rotatable bonds is 6. The molecular weight excluding hydrogens is 469 g/mol. The second-order valence-electron chi connectivity index (χ2n) is 6.59. The predicted molar refractivity (Wildman–Crippen MR) is 125 cm³/mol. The number of guanidine groups is 1. The fourth-order valence-corrected chi connectivity index (χ4v) is 4.43. The Hall–Kier alpha value is -1.41. The molecule has 0 amide bonds. The molecule has 27 heavy (non-hydrogen) atoms. The number of nitrogens with one attached hydrogen (secondary N) is 1. The fraction of sp³-hybridized carbons (Fsp3) is 0.381. The van der Waals surface area contributed by atoms with Crippen LogP contribution in [0.5, 0.6) is 0 Å². The van der Waals surface area contributed by atoms with Gasteiger partial charge in [-0.3, -0.25) is 9.20 Å². The number of hydrogen-bond donors (Lipinski definition) is 1. The van der Waals surface area contributed by atoms with Crippen LogP contribution in [-0.2, 0) is 16.6 Å². The first-order valence-electron chi connectivity index (χ1n) is 9.15. The molecule has 1 aliphatic heterocycles. The normalized spacial score (nSPS) is 18.0. The van der Waals surface area contributed by atoms with Crippen LogP contribution in [0.15, 0.2) is 65.7 Å². The molecule has 6 heteroatoms. The fourth-order valence-electron chi connectivity index (χ4n) is 3.39. The van der Waals surface area contributed by atoms with Crippen molar-refractivity contribution in [2.24, 2.45) is 4.99 Å². The van der Waals surface area contributed by atoms with Gasteiger partial charge in [-0.2, -0.15) is 0 Å². The Morgan fingerprint density at radius 3 is 2.48 bits per heavy atom. The van der Waals surface area contributed by atoms with Gasteiger partial charge in [0.1, 0.15) is 0 Å². The molecule has 0 radical (unpaired) electrons. The molecule has 2 aromatic carbocycles. The molecule has 146 valence electrons. The van der Waals surface area contributed by atoms with Gasteiger partial charge >= 0.3 is 0 Å². The summed E-state index contributed by atoms with van der Waals surface area (Å²) >= 11 is 0. The maximum absolute atomic E-state index is 12.3. The van der Waals surface area contributed by atoms with E-state index in [1.807, 2.05) is 37.4 Å². The van der Waals surface area contributed by atoms with Crippen molar-refractivity contribution in [3.05, 3.63) is 71.8 Å². The first-order valence-corrected chi connectivity index (χ1v) is 10.6. The molecule has 1 heterocycles. The SMILES string of the molecule is CN=C(NCCS(=O)Cc1ccccc1)N1CCC(c2ccccc2)C1.I. The van der Waals surface area contributed by atoms with E-state index in [2.05, 4.69) is 45.5 Å². The van der Waals surface area contributed by atoms with Crippen LogP contribution in [0.3, 0.4) is 0 Å². The van der Waals surface area contributed by atoms with E-state index in [-0.39, 0.29) is 24.0 Å². The van der Waals surface area contributed by atoms with Crippen molar-refractivity contribution in [3.8, 4) is 0 Å². The van der Waals surface area contributed by atoms with Crippen molar-refractivity contribution in [2.45, 2.75) is 18.1 Å². The van der Waals surface area contributed by atoms with E-state index < -0.39 is 10.8 Å². The largest absolute Gasteiger partial charge is 0.355 e. The second kappa shape index (κ2) is 11.4. The van der Waals surface area contributed by atoms with Crippen LogP contribution in [0.1, 0.15) is 23.5 Å². The Balaban J connectivity index is 0.00000261. The van der Waals surface area contributed by atoms with Gasteiger partial charge in [0.15, 0.2) is 5.96 Å². The molecule has 1 fully saturated rings. The first kappa shape index (κ1) is 21.9. The van der Waals surface area contributed by atoms with Gasteiger partial charge in [-0.15, -0.1) is 24.0 Å². The first-order chi connectivity index (χ1) is 12.8. The summed E-state index contributed by atoms with van der Waals surface area (Å²) in [7, 11) is 0.955. The smallest absolute Gasteiger partial charge is 0.193 e. The molecule has 1 N–H and O–H groups in total. The Kier molecular flexibility index (Phi) is 9.27. The lowest BCUT2D eigenvalue weighted by atomic mass is 9.99. The predicted octanol–water partition coefficient (Wildman–Crippen LogP) is 3.62. The Bertz CT molecular complexity index is 740. The van der Waals surface area contributed by atoms with E-state index in [0.717, 1.165) is 31.0 Å². The summed E-state index contributed by atoms with van der Waals surface area (Å²) in [6.07, 6.45) is 1.14. The Morgan fingerprint density at radius 1 is 1.15 bits per heavy atom. The van der Waals surface area contributed by atoms with Gasteiger partial charge in [-0.1, -0.05) is 60.7 Å². The summed E-state index contributed by atoms with van der Waals surface area (Å²) in [5, 5.41) is 3.38. The molecule has 2 atom stereocenters. The number of hydrogen-bond acceptors (Lipinski definition) is 2. The summed E-state index contributed by atoms with van der Waals surface area (Å²) in [6, 6.07) is 20.7. The summed E-state index contributed by atoms with van der Waals surface area (Å²) in [5.74, 6) is 2.72. The van der Waals surface area contributed by atoms with Crippen LogP contribution in [0, 0.1) is 0 Å².